The van der Waals surface area contributed by atoms with Crippen molar-refractivity contribution in [3.05, 3.63) is 23.9 Å². The molecule has 0 radical (unpaired) electrons. The van der Waals surface area contributed by atoms with Gasteiger partial charge in [0.05, 0.1) is 6.54 Å². The van der Waals surface area contributed by atoms with E-state index in [1.807, 2.05) is 6.20 Å². The van der Waals surface area contributed by atoms with Crippen LogP contribution in [0.25, 0.3) is 0 Å². The summed E-state index contributed by atoms with van der Waals surface area (Å²) in [6.07, 6.45) is 8.40. The van der Waals surface area contributed by atoms with Crippen LogP contribution in [-0.2, 0) is 6.54 Å². The first kappa shape index (κ1) is 19.9. The second kappa shape index (κ2) is 10.5. The Morgan fingerprint density at radius 2 is 2.00 bits per heavy atom. The fourth-order valence-corrected chi connectivity index (χ4v) is 4.12. The Balaban J connectivity index is 1.57. The lowest BCUT2D eigenvalue weighted by atomic mass is 10.1. The van der Waals surface area contributed by atoms with Crippen molar-refractivity contribution in [2.75, 3.05) is 44.2 Å². The third-order valence-corrected chi connectivity index (χ3v) is 5.66. The SMILES string of the molecule is CCNC(=NCc1ccnc(N2CCCCC2)c1)NCC1CCCN1CC. The average molecular weight is 373 g/mol. The first-order chi connectivity index (χ1) is 13.3. The highest BCUT2D eigenvalue weighted by Crippen LogP contribution is 2.19. The molecule has 3 heterocycles. The third kappa shape index (κ3) is 5.83. The molecular formula is C21H36N6. The van der Waals surface area contributed by atoms with Crippen LogP contribution in [0.15, 0.2) is 23.3 Å². The average Bonchev–Trinajstić information content (AvgIpc) is 3.18. The molecule has 0 saturated carbocycles. The minimum absolute atomic E-state index is 0.630. The summed E-state index contributed by atoms with van der Waals surface area (Å²) in [5, 5.41) is 6.93. The largest absolute Gasteiger partial charge is 0.357 e. The van der Waals surface area contributed by atoms with Crippen LogP contribution in [0, 0.1) is 0 Å². The zero-order valence-corrected chi connectivity index (χ0v) is 17.1. The van der Waals surface area contributed by atoms with Gasteiger partial charge in [-0.25, -0.2) is 9.98 Å². The van der Waals surface area contributed by atoms with Gasteiger partial charge in [0.25, 0.3) is 0 Å². The van der Waals surface area contributed by atoms with Gasteiger partial charge >= 0.3 is 0 Å². The van der Waals surface area contributed by atoms with Gasteiger partial charge in [0.15, 0.2) is 5.96 Å². The molecule has 0 aliphatic carbocycles. The van der Waals surface area contributed by atoms with Crippen molar-refractivity contribution >= 4 is 11.8 Å². The van der Waals surface area contributed by atoms with Crippen molar-refractivity contribution in [1.82, 2.24) is 20.5 Å². The number of guanidine groups is 1. The van der Waals surface area contributed by atoms with E-state index in [9.17, 15) is 0 Å². The van der Waals surface area contributed by atoms with E-state index in [2.05, 4.69) is 51.4 Å². The quantitative estimate of drug-likeness (QED) is 0.569. The molecule has 6 heteroatoms. The number of anilines is 1. The Morgan fingerprint density at radius 3 is 2.78 bits per heavy atom. The van der Waals surface area contributed by atoms with Crippen molar-refractivity contribution in [1.29, 1.82) is 0 Å². The van der Waals surface area contributed by atoms with Crippen LogP contribution < -0.4 is 15.5 Å². The summed E-state index contributed by atoms with van der Waals surface area (Å²) in [6.45, 7) is 11.5. The second-order valence-corrected chi connectivity index (χ2v) is 7.57. The Morgan fingerprint density at radius 1 is 1.15 bits per heavy atom. The standard InChI is InChI=1S/C21H36N6/c1-3-22-21(25-17-19-9-8-14-26(19)4-2)24-16-18-10-11-23-20(15-18)27-12-6-5-7-13-27/h10-11,15,19H,3-9,12-14,16-17H2,1-2H3,(H2,22,24,25). The molecular weight excluding hydrogens is 336 g/mol. The summed E-state index contributed by atoms with van der Waals surface area (Å²) >= 11 is 0. The maximum Gasteiger partial charge on any atom is 0.191 e. The molecule has 2 saturated heterocycles. The topological polar surface area (TPSA) is 55.8 Å². The number of hydrogen-bond acceptors (Lipinski definition) is 4. The number of rotatable bonds is 7. The Kier molecular flexibility index (Phi) is 7.75. The van der Waals surface area contributed by atoms with Crippen LogP contribution in [0.3, 0.4) is 0 Å². The van der Waals surface area contributed by atoms with E-state index in [0.717, 1.165) is 44.5 Å². The Bertz CT molecular complexity index is 596. The Hall–Kier alpha value is -1.82. The maximum atomic E-state index is 4.81. The predicted octanol–water partition coefficient (Wildman–Crippen LogP) is 2.61. The van der Waals surface area contributed by atoms with Gasteiger partial charge in [-0.15, -0.1) is 0 Å². The highest BCUT2D eigenvalue weighted by molar-refractivity contribution is 5.79. The van der Waals surface area contributed by atoms with E-state index in [-0.39, 0.29) is 0 Å². The third-order valence-electron chi connectivity index (χ3n) is 5.66. The fourth-order valence-electron chi connectivity index (χ4n) is 4.12. The van der Waals surface area contributed by atoms with Gasteiger partial charge in [0.1, 0.15) is 5.82 Å². The molecule has 0 amide bonds. The first-order valence-corrected chi connectivity index (χ1v) is 10.8. The number of piperidine rings is 1. The van der Waals surface area contributed by atoms with Crippen molar-refractivity contribution in [2.45, 2.75) is 58.5 Å². The first-order valence-electron chi connectivity index (χ1n) is 10.8. The van der Waals surface area contributed by atoms with Crippen LogP contribution in [0.1, 0.15) is 51.5 Å². The molecule has 1 aromatic rings. The molecule has 27 heavy (non-hydrogen) atoms. The van der Waals surface area contributed by atoms with Crippen molar-refractivity contribution in [3.8, 4) is 0 Å². The van der Waals surface area contributed by atoms with Gasteiger partial charge in [0.2, 0.25) is 0 Å². The van der Waals surface area contributed by atoms with Crippen molar-refractivity contribution < 1.29 is 0 Å². The van der Waals surface area contributed by atoms with Crippen molar-refractivity contribution in [3.63, 3.8) is 0 Å². The van der Waals surface area contributed by atoms with Crippen LogP contribution in [-0.4, -0.2) is 61.2 Å². The maximum absolute atomic E-state index is 4.81. The predicted molar refractivity (Wildman–Crippen MR) is 113 cm³/mol. The van der Waals surface area contributed by atoms with E-state index < -0.39 is 0 Å². The van der Waals surface area contributed by atoms with Gasteiger partial charge in [-0.2, -0.15) is 0 Å². The summed E-state index contributed by atoms with van der Waals surface area (Å²) in [6, 6.07) is 4.91. The molecule has 0 spiro atoms. The summed E-state index contributed by atoms with van der Waals surface area (Å²) in [5.74, 6) is 2.02. The van der Waals surface area contributed by atoms with Crippen molar-refractivity contribution in [2.24, 2.45) is 4.99 Å². The van der Waals surface area contributed by atoms with Gasteiger partial charge in [-0.3, -0.25) is 4.90 Å². The lowest BCUT2D eigenvalue weighted by Gasteiger charge is -2.27. The summed E-state index contributed by atoms with van der Waals surface area (Å²) in [5.41, 5.74) is 1.22. The molecule has 2 fully saturated rings. The summed E-state index contributed by atoms with van der Waals surface area (Å²) in [4.78, 5) is 14.3. The molecule has 150 valence electrons. The molecule has 0 bridgehead atoms. The number of aromatic nitrogens is 1. The number of nitrogens with zero attached hydrogens (tertiary/aromatic N) is 4. The van der Waals surface area contributed by atoms with E-state index in [0.29, 0.717) is 12.6 Å². The smallest absolute Gasteiger partial charge is 0.191 e. The van der Waals surface area contributed by atoms with Crippen LogP contribution in [0.2, 0.25) is 0 Å². The highest BCUT2D eigenvalue weighted by atomic mass is 15.2. The van der Waals surface area contributed by atoms with E-state index in [4.69, 9.17) is 4.99 Å². The van der Waals surface area contributed by atoms with Gasteiger partial charge in [-0.1, -0.05) is 6.92 Å². The van der Waals surface area contributed by atoms with E-state index in [1.54, 1.807) is 0 Å². The van der Waals surface area contributed by atoms with Gasteiger partial charge in [0, 0.05) is 38.4 Å². The monoisotopic (exact) mass is 372 g/mol. The lowest BCUT2D eigenvalue weighted by Crippen LogP contribution is -2.44. The molecule has 2 aliphatic rings. The van der Waals surface area contributed by atoms with Crippen LogP contribution in [0.4, 0.5) is 5.82 Å². The Labute approximate surface area is 164 Å². The molecule has 2 N–H and O–H groups in total. The number of pyridine rings is 1. The summed E-state index contributed by atoms with van der Waals surface area (Å²) < 4.78 is 0. The number of nitrogens with one attached hydrogen (secondary N) is 2. The number of likely N-dealkylation sites (N-methyl/N-ethyl adjacent to an activating group) is 1. The normalized spacial score (nSPS) is 21.5. The fraction of sp³-hybridized carbons (Fsp3) is 0.714. The molecule has 1 atom stereocenters. The van der Waals surface area contributed by atoms with E-state index in [1.165, 1.54) is 44.2 Å². The zero-order chi connectivity index (χ0) is 18.9. The van der Waals surface area contributed by atoms with Crippen LogP contribution >= 0.6 is 0 Å². The summed E-state index contributed by atoms with van der Waals surface area (Å²) in [7, 11) is 0. The van der Waals surface area contributed by atoms with Gasteiger partial charge < -0.3 is 15.5 Å². The lowest BCUT2D eigenvalue weighted by molar-refractivity contribution is 0.267. The van der Waals surface area contributed by atoms with Gasteiger partial charge in [-0.05, 0) is 69.8 Å². The number of aliphatic imine (C=N–C) groups is 1. The highest BCUT2D eigenvalue weighted by Gasteiger charge is 2.22. The minimum Gasteiger partial charge on any atom is -0.357 e. The number of likely N-dealkylation sites (tertiary alicyclic amines) is 1. The molecule has 0 aromatic carbocycles. The van der Waals surface area contributed by atoms with E-state index >= 15 is 0 Å². The van der Waals surface area contributed by atoms with Crippen LogP contribution in [0.5, 0.6) is 0 Å². The molecule has 6 nitrogen and oxygen atoms in total. The molecule has 1 aromatic heterocycles. The molecule has 2 aliphatic heterocycles. The molecule has 1 unspecified atom stereocenters. The zero-order valence-electron chi connectivity index (χ0n) is 17.1. The molecule has 3 rings (SSSR count). The second-order valence-electron chi connectivity index (χ2n) is 7.57. The minimum atomic E-state index is 0.630. The number of hydrogen-bond donors (Lipinski definition) is 2.